The monoisotopic (exact) mass is 1360 g/mol. The van der Waals surface area contributed by atoms with E-state index in [9.17, 15) is 47.9 Å². The van der Waals surface area contributed by atoms with Crippen molar-refractivity contribution >= 4 is 59.6 Å². The summed E-state index contributed by atoms with van der Waals surface area (Å²) in [5, 5.41) is 2.61. The molecule has 4 fully saturated rings. The smallest absolute Gasteiger partial charge is 0.366 e. The van der Waals surface area contributed by atoms with Crippen LogP contribution in [0.4, 0.5) is 0 Å². The molecule has 5 aromatic rings. The fourth-order valence-corrected chi connectivity index (χ4v) is 11.6. The van der Waals surface area contributed by atoms with Gasteiger partial charge in [-0.05, 0) is 67.9 Å². The number of hydrogen-bond acceptors (Lipinski definition) is 27. The minimum absolute atomic E-state index is 0.0126. The Morgan fingerprint density at radius 2 is 1.01 bits per heavy atom. The molecule has 0 aromatic heterocycles. The van der Waals surface area contributed by atoms with Crippen LogP contribution in [0.25, 0.3) is 0 Å². The summed E-state index contributed by atoms with van der Waals surface area (Å²) in [5.41, 5.74) is 0.849. The van der Waals surface area contributed by atoms with Crippen molar-refractivity contribution in [1.82, 2.24) is 5.32 Å². The topological polar surface area (TPSA) is 340 Å². The third-order valence-corrected chi connectivity index (χ3v) is 15.7. The van der Waals surface area contributed by atoms with Crippen LogP contribution in [-0.2, 0) is 116 Å². The number of esters is 9. The predicted molar refractivity (Wildman–Crippen MR) is 332 cm³/mol. The number of ether oxygens (including phenoxy) is 17. The molecule has 9 rings (SSSR count). The molecule has 16 atom stereocenters. The molecule has 98 heavy (non-hydrogen) atoms. The lowest BCUT2D eigenvalue weighted by molar-refractivity contribution is -0.360. The molecule has 0 unspecified atom stereocenters. The van der Waals surface area contributed by atoms with Crippen molar-refractivity contribution < 1.29 is 128 Å². The summed E-state index contributed by atoms with van der Waals surface area (Å²) in [4.78, 5) is 137. The third-order valence-electron chi connectivity index (χ3n) is 15.7. The average Bonchev–Trinajstić information content (AvgIpc) is 1.14. The van der Waals surface area contributed by atoms with Crippen molar-refractivity contribution in [3.8, 4) is 0 Å². The Morgan fingerprint density at radius 3 is 1.52 bits per heavy atom. The summed E-state index contributed by atoms with van der Waals surface area (Å²) < 4.78 is 107. The molecule has 0 spiro atoms. The maximum Gasteiger partial charge on any atom is 0.366 e. The molecule has 1 N–H and O–H groups in total. The average molecular weight is 1360 g/mol. The summed E-state index contributed by atoms with van der Waals surface area (Å²) >= 11 is 0. The van der Waals surface area contributed by atoms with Crippen molar-refractivity contribution in [2.45, 2.75) is 165 Å². The number of carbonyl (C=O) groups is 10. The molecule has 4 aliphatic rings. The second kappa shape index (κ2) is 33.2. The van der Waals surface area contributed by atoms with Gasteiger partial charge in [0.2, 0.25) is 5.91 Å². The van der Waals surface area contributed by atoms with E-state index in [-0.39, 0.29) is 28.9 Å². The molecule has 28 heteroatoms. The molecule has 0 saturated carbocycles. The first kappa shape index (κ1) is 72.7. The molecule has 5 aromatic carbocycles. The maximum absolute atomic E-state index is 14.8. The van der Waals surface area contributed by atoms with Crippen molar-refractivity contribution in [1.29, 1.82) is 0 Å². The van der Waals surface area contributed by atoms with E-state index in [4.69, 9.17) is 80.5 Å². The van der Waals surface area contributed by atoms with Crippen molar-refractivity contribution in [3.63, 3.8) is 0 Å². The SMILES string of the molecule is COC(=O)[C@@]1(OC[C@H]2O[C@@H](O[C@H]3[C@H](OC(=O)c4ccccc4)[C@@H](OC(=O)c4ccccc4)[C@H](OCc4ccccc4)O[C@@H]3COC(=O)c3ccccc3)[C@H](OC(=O)c3ccccc3)[C@H]3OC(C)(C)O[C@H]32)C[C@H](OC(C)=O)[C@@H](NC(C)=O)[C@H]([C@H](OC(C)=O)[C@@H](COC(C)=O)OC(C)=O)O1. The van der Waals surface area contributed by atoms with Gasteiger partial charge >= 0.3 is 53.7 Å². The van der Waals surface area contributed by atoms with E-state index in [1.807, 2.05) is 0 Å². The van der Waals surface area contributed by atoms with Gasteiger partial charge in [-0.2, -0.15) is 0 Å². The number of benzene rings is 5. The summed E-state index contributed by atoms with van der Waals surface area (Å²) in [6.45, 7) is 5.62. The van der Waals surface area contributed by atoms with E-state index in [0.29, 0.717) is 5.56 Å². The van der Waals surface area contributed by atoms with Gasteiger partial charge in [0.25, 0.3) is 5.79 Å². The molecule has 0 aliphatic carbocycles. The summed E-state index contributed by atoms with van der Waals surface area (Å²) in [5.74, 6) is -14.1. The molecule has 1 amide bonds. The quantitative estimate of drug-likeness (QED) is 0.0517. The van der Waals surface area contributed by atoms with E-state index < -0.39 is 189 Å². The Labute approximate surface area is 562 Å². The summed E-state index contributed by atoms with van der Waals surface area (Å²) in [6, 6.07) is 38.5. The molecule has 522 valence electrons. The fraction of sp³-hybridized carbons (Fsp3) is 0.429. The largest absolute Gasteiger partial charge is 0.465 e. The van der Waals surface area contributed by atoms with Crippen LogP contribution >= 0.6 is 0 Å². The molecular weight excluding hydrogens is 1290 g/mol. The zero-order valence-corrected chi connectivity index (χ0v) is 54.7. The molecule has 4 saturated heterocycles. The van der Waals surface area contributed by atoms with Gasteiger partial charge in [0, 0.05) is 34.6 Å². The first-order chi connectivity index (χ1) is 46.9. The molecule has 0 radical (unpaired) electrons. The zero-order valence-electron chi connectivity index (χ0n) is 54.7. The zero-order chi connectivity index (χ0) is 70.3. The second-order valence-corrected chi connectivity index (χ2v) is 23.5. The summed E-state index contributed by atoms with van der Waals surface area (Å²) in [7, 11) is 0.958. The number of nitrogens with one attached hydrogen (secondary N) is 1. The Balaban J connectivity index is 1.19. The van der Waals surface area contributed by atoms with Crippen LogP contribution in [0, 0.1) is 0 Å². The van der Waals surface area contributed by atoms with Crippen LogP contribution in [0.1, 0.15) is 102 Å². The van der Waals surface area contributed by atoms with Gasteiger partial charge in [-0.15, -0.1) is 0 Å². The van der Waals surface area contributed by atoms with E-state index in [2.05, 4.69) is 5.32 Å². The summed E-state index contributed by atoms with van der Waals surface area (Å²) in [6.07, 6.45) is -25.1. The van der Waals surface area contributed by atoms with Gasteiger partial charge in [-0.3, -0.25) is 24.0 Å². The molecular formula is C70H75NO27. The number of carbonyl (C=O) groups excluding carboxylic acids is 10. The van der Waals surface area contributed by atoms with Crippen LogP contribution in [0.3, 0.4) is 0 Å². The molecule has 28 nitrogen and oxygen atoms in total. The highest BCUT2D eigenvalue weighted by Crippen LogP contribution is 2.44. The van der Waals surface area contributed by atoms with Gasteiger partial charge in [-0.1, -0.05) is 103 Å². The Kier molecular flexibility index (Phi) is 24.6. The van der Waals surface area contributed by atoms with E-state index in [1.165, 1.54) is 62.4 Å². The van der Waals surface area contributed by atoms with Crippen molar-refractivity contribution in [2.24, 2.45) is 0 Å². The highest BCUT2D eigenvalue weighted by atomic mass is 16.8. The van der Waals surface area contributed by atoms with Crippen LogP contribution in [0.5, 0.6) is 0 Å². The highest BCUT2D eigenvalue weighted by Gasteiger charge is 2.63. The number of fused-ring (bicyclic) bond motifs is 1. The maximum atomic E-state index is 14.8. The van der Waals surface area contributed by atoms with Gasteiger partial charge in [0.15, 0.2) is 48.9 Å². The van der Waals surface area contributed by atoms with Crippen molar-refractivity contribution in [2.75, 3.05) is 26.9 Å². The lowest BCUT2D eigenvalue weighted by Crippen LogP contribution is -2.70. The highest BCUT2D eigenvalue weighted by molar-refractivity contribution is 5.91. The standard InChI is InChI=1S/C70H75NO27/c1-39(72)71-53-49(87-41(3)74)34-70(68(81)82-8,98-57(53)54(89-43(5)76)50(88-42(4)75)36-83-40(2)73)86-38-52-56-59(97-69(6,7)96-56)61(94-65(80)48-32-22-13-23-33-48)67(91-52)95-55-51(37-84-62(77)45-26-16-10-17-27-45)90-66(85-35-44-24-14-9-15-25-44)60(93-64(79)47-30-20-12-21-31-47)58(55)92-63(78)46-28-18-11-19-29-46/h9-33,49-61,66-67H,34-38H2,1-8H3,(H,71,72)/t49-,50+,51+,52+,53+,54+,55+,56-,57+,58-,59-,60+,61+,66+,67-,70+/m0/s1. The fourth-order valence-electron chi connectivity index (χ4n) is 11.6. The molecule has 4 heterocycles. The number of amides is 1. The normalized spacial score (nSPS) is 26.8. The molecule has 4 aliphatic heterocycles. The Bertz CT molecular complexity index is 3580. The predicted octanol–water partition coefficient (Wildman–Crippen LogP) is 5.63. The molecule has 0 bridgehead atoms. The Morgan fingerprint density at radius 1 is 0.510 bits per heavy atom. The van der Waals surface area contributed by atoms with E-state index in [0.717, 1.165) is 41.7 Å². The third kappa shape index (κ3) is 18.8. The number of rotatable bonds is 26. The second-order valence-electron chi connectivity index (χ2n) is 23.5. The van der Waals surface area contributed by atoms with Gasteiger partial charge < -0.3 is 85.8 Å². The number of hydrogen-bond donors (Lipinski definition) is 1. The van der Waals surface area contributed by atoms with E-state index in [1.54, 1.807) is 103 Å². The van der Waals surface area contributed by atoms with Crippen molar-refractivity contribution in [3.05, 3.63) is 179 Å². The minimum atomic E-state index is -2.83. The van der Waals surface area contributed by atoms with Gasteiger partial charge in [0.05, 0.1) is 55.0 Å². The van der Waals surface area contributed by atoms with Gasteiger partial charge in [-0.25, -0.2) is 24.0 Å². The number of methoxy groups -OCH3 is 1. The lowest BCUT2D eigenvalue weighted by atomic mass is 9.87. The van der Waals surface area contributed by atoms with Crippen LogP contribution in [0.2, 0.25) is 0 Å². The van der Waals surface area contributed by atoms with Crippen LogP contribution in [-0.4, -0.2) is 190 Å². The lowest BCUT2D eigenvalue weighted by Gasteiger charge is -2.49. The first-order valence-electron chi connectivity index (χ1n) is 31.2. The van der Waals surface area contributed by atoms with Crippen LogP contribution < -0.4 is 5.32 Å². The first-order valence-corrected chi connectivity index (χ1v) is 31.2. The minimum Gasteiger partial charge on any atom is -0.465 e. The Hall–Kier alpha value is -9.52. The van der Waals surface area contributed by atoms with E-state index >= 15 is 0 Å². The van der Waals surface area contributed by atoms with Crippen LogP contribution in [0.15, 0.2) is 152 Å². The van der Waals surface area contributed by atoms with Gasteiger partial charge in [0.1, 0.15) is 55.9 Å².